The third-order valence-corrected chi connectivity index (χ3v) is 5.23. The van der Waals surface area contributed by atoms with Crippen LogP contribution in [0.15, 0.2) is 30.3 Å². The molecule has 5 nitrogen and oxygen atoms in total. The Morgan fingerprint density at radius 3 is 2.52 bits per heavy atom. The van der Waals surface area contributed by atoms with Crippen LogP contribution in [-0.2, 0) is 11.2 Å². The highest BCUT2D eigenvalue weighted by molar-refractivity contribution is 6.30. The number of nitrogens with zero attached hydrogens (tertiary/aromatic N) is 1. The van der Waals surface area contributed by atoms with E-state index in [-0.39, 0.29) is 18.6 Å². The molecule has 27 heavy (non-hydrogen) atoms. The number of rotatable bonds is 5. The molecule has 2 aromatic rings. The molecule has 0 saturated heterocycles. The van der Waals surface area contributed by atoms with Crippen molar-refractivity contribution in [3.63, 3.8) is 0 Å². The minimum atomic E-state index is -0.0593. The fourth-order valence-electron chi connectivity index (χ4n) is 3.48. The summed E-state index contributed by atoms with van der Waals surface area (Å²) in [4.78, 5) is 14.6. The number of aryl methyl sites for hydroxylation is 1. The van der Waals surface area contributed by atoms with Gasteiger partial charge in [-0.05, 0) is 67.3 Å². The van der Waals surface area contributed by atoms with Crippen LogP contribution in [0.4, 0.5) is 0 Å². The predicted molar refractivity (Wildman–Crippen MR) is 105 cm³/mol. The van der Waals surface area contributed by atoms with Crippen molar-refractivity contribution in [2.75, 3.05) is 27.4 Å². The van der Waals surface area contributed by atoms with Crippen LogP contribution in [0.2, 0.25) is 5.02 Å². The maximum absolute atomic E-state index is 12.8. The number of amides is 1. The first-order chi connectivity index (χ1) is 12.9. The van der Waals surface area contributed by atoms with Gasteiger partial charge in [0.1, 0.15) is 5.75 Å². The van der Waals surface area contributed by atoms with Gasteiger partial charge in [0.05, 0.1) is 20.3 Å². The molecule has 0 spiro atoms. The van der Waals surface area contributed by atoms with E-state index in [0.717, 1.165) is 17.5 Å². The van der Waals surface area contributed by atoms with Gasteiger partial charge in [0, 0.05) is 11.6 Å². The van der Waals surface area contributed by atoms with Crippen LogP contribution in [0.1, 0.15) is 29.7 Å². The molecular formula is C21H24ClNO4. The first kappa shape index (κ1) is 19.4. The first-order valence-corrected chi connectivity index (χ1v) is 9.25. The van der Waals surface area contributed by atoms with E-state index in [9.17, 15) is 4.79 Å². The van der Waals surface area contributed by atoms with Gasteiger partial charge >= 0.3 is 0 Å². The number of fused-ring (bicyclic) bond motifs is 1. The standard InChI is InChI=1S/C21H24ClNO4/c1-13-9-16(22)5-6-18(13)27-12-21(24)23-8-7-15-10-19(25-3)20(26-4)11-17(15)14(23)2/h5-6,9-11,14H,7-8,12H2,1-4H3. The highest BCUT2D eigenvalue weighted by Gasteiger charge is 2.29. The molecule has 1 aliphatic heterocycles. The number of carbonyl (C=O) groups is 1. The quantitative estimate of drug-likeness (QED) is 0.769. The van der Waals surface area contributed by atoms with E-state index in [0.29, 0.717) is 28.8 Å². The minimum absolute atomic E-state index is 0.00453. The minimum Gasteiger partial charge on any atom is -0.493 e. The molecule has 0 N–H and O–H groups in total. The van der Waals surface area contributed by atoms with Crippen LogP contribution < -0.4 is 14.2 Å². The lowest BCUT2D eigenvalue weighted by atomic mass is 9.92. The van der Waals surface area contributed by atoms with Crippen molar-refractivity contribution in [2.24, 2.45) is 0 Å². The highest BCUT2D eigenvalue weighted by atomic mass is 35.5. The number of hydrogen-bond donors (Lipinski definition) is 0. The molecule has 0 aromatic heterocycles. The van der Waals surface area contributed by atoms with Crippen LogP contribution in [0.25, 0.3) is 0 Å². The van der Waals surface area contributed by atoms with Crippen molar-refractivity contribution in [2.45, 2.75) is 26.3 Å². The van der Waals surface area contributed by atoms with Gasteiger partial charge in [-0.25, -0.2) is 0 Å². The Balaban J connectivity index is 1.74. The van der Waals surface area contributed by atoms with E-state index in [2.05, 4.69) is 0 Å². The maximum atomic E-state index is 12.8. The van der Waals surface area contributed by atoms with Gasteiger partial charge < -0.3 is 19.1 Å². The molecule has 0 fully saturated rings. The molecule has 1 unspecified atom stereocenters. The van der Waals surface area contributed by atoms with E-state index >= 15 is 0 Å². The van der Waals surface area contributed by atoms with Gasteiger partial charge in [0.25, 0.3) is 5.91 Å². The van der Waals surface area contributed by atoms with Crippen LogP contribution in [-0.4, -0.2) is 38.2 Å². The van der Waals surface area contributed by atoms with E-state index in [1.807, 2.05) is 36.9 Å². The molecule has 1 amide bonds. The second-order valence-electron chi connectivity index (χ2n) is 6.62. The van der Waals surface area contributed by atoms with Crippen molar-refractivity contribution >= 4 is 17.5 Å². The molecule has 144 valence electrons. The lowest BCUT2D eigenvalue weighted by Gasteiger charge is -2.35. The normalized spacial score (nSPS) is 15.9. The summed E-state index contributed by atoms with van der Waals surface area (Å²) in [5.74, 6) is 2.01. The third-order valence-electron chi connectivity index (χ3n) is 4.99. The Kier molecular flexibility index (Phi) is 5.80. The monoisotopic (exact) mass is 389 g/mol. The maximum Gasteiger partial charge on any atom is 0.261 e. The summed E-state index contributed by atoms with van der Waals surface area (Å²) >= 11 is 5.96. The zero-order valence-electron chi connectivity index (χ0n) is 16.0. The van der Waals surface area contributed by atoms with E-state index in [1.165, 1.54) is 5.56 Å². The lowest BCUT2D eigenvalue weighted by Crippen LogP contribution is -2.41. The van der Waals surface area contributed by atoms with Crippen LogP contribution in [0.3, 0.4) is 0 Å². The van der Waals surface area contributed by atoms with E-state index in [4.69, 9.17) is 25.8 Å². The van der Waals surface area contributed by atoms with Gasteiger partial charge in [-0.1, -0.05) is 11.6 Å². The van der Waals surface area contributed by atoms with Crippen molar-refractivity contribution in [1.29, 1.82) is 0 Å². The number of benzene rings is 2. The fourth-order valence-corrected chi connectivity index (χ4v) is 3.71. The highest BCUT2D eigenvalue weighted by Crippen LogP contribution is 2.38. The van der Waals surface area contributed by atoms with Gasteiger partial charge in [-0.15, -0.1) is 0 Å². The molecule has 2 aromatic carbocycles. The topological polar surface area (TPSA) is 48.0 Å². The van der Waals surface area contributed by atoms with Crippen molar-refractivity contribution in [3.05, 3.63) is 52.0 Å². The summed E-state index contributed by atoms with van der Waals surface area (Å²) in [5.41, 5.74) is 3.16. The number of carbonyl (C=O) groups excluding carboxylic acids is 1. The first-order valence-electron chi connectivity index (χ1n) is 8.87. The second kappa shape index (κ2) is 8.09. The average Bonchev–Trinajstić information content (AvgIpc) is 2.66. The van der Waals surface area contributed by atoms with E-state index in [1.54, 1.807) is 26.4 Å². The summed E-state index contributed by atoms with van der Waals surface area (Å²) in [6.45, 7) is 4.57. The van der Waals surface area contributed by atoms with Crippen molar-refractivity contribution < 1.29 is 19.0 Å². The third kappa shape index (κ3) is 3.98. The molecule has 0 saturated carbocycles. The molecule has 0 radical (unpaired) electrons. The summed E-state index contributed by atoms with van der Waals surface area (Å²) in [5, 5.41) is 0.650. The predicted octanol–water partition coefficient (Wildman–Crippen LogP) is 4.19. The molecular weight excluding hydrogens is 366 g/mol. The molecule has 1 atom stereocenters. The van der Waals surface area contributed by atoms with Crippen molar-refractivity contribution in [3.8, 4) is 17.2 Å². The second-order valence-corrected chi connectivity index (χ2v) is 7.05. The fraction of sp³-hybridized carbons (Fsp3) is 0.381. The molecule has 1 heterocycles. The van der Waals surface area contributed by atoms with Gasteiger partial charge in [0.2, 0.25) is 0 Å². The number of methoxy groups -OCH3 is 2. The van der Waals surface area contributed by atoms with Crippen LogP contribution in [0.5, 0.6) is 17.2 Å². The smallest absolute Gasteiger partial charge is 0.261 e. The lowest BCUT2D eigenvalue weighted by molar-refractivity contribution is -0.136. The Bertz CT molecular complexity index is 852. The van der Waals surface area contributed by atoms with Crippen LogP contribution in [0, 0.1) is 6.92 Å². The summed E-state index contributed by atoms with van der Waals surface area (Å²) < 4.78 is 16.5. The Morgan fingerprint density at radius 2 is 1.85 bits per heavy atom. The molecule has 3 rings (SSSR count). The molecule has 0 bridgehead atoms. The van der Waals surface area contributed by atoms with Gasteiger partial charge in [-0.2, -0.15) is 0 Å². The Labute approximate surface area is 164 Å². The molecule has 0 aliphatic carbocycles. The number of ether oxygens (including phenoxy) is 3. The van der Waals surface area contributed by atoms with Crippen molar-refractivity contribution in [1.82, 2.24) is 4.90 Å². The zero-order chi connectivity index (χ0) is 19.6. The summed E-state index contributed by atoms with van der Waals surface area (Å²) in [7, 11) is 3.24. The number of halogens is 1. The average molecular weight is 390 g/mol. The summed E-state index contributed by atoms with van der Waals surface area (Å²) in [6, 6.07) is 9.27. The van der Waals surface area contributed by atoms with Crippen LogP contribution >= 0.6 is 11.6 Å². The van der Waals surface area contributed by atoms with E-state index < -0.39 is 0 Å². The SMILES string of the molecule is COc1cc2c(cc1OC)C(C)N(C(=O)COc1ccc(Cl)cc1C)CC2. The van der Waals surface area contributed by atoms with Gasteiger partial charge in [0.15, 0.2) is 18.1 Å². The molecule has 1 aliphatic rings. The molecule has 6 heteroatoms. The largest absolute Gasteiger partial charge is 0.493 e. The summed E-state index contributed by atoms with van der Waals surface area (Å²) in [6.07, 6.45) is 0.770. The number of hydrogen-bond acceptors (Lipinski definition) is 4. The Hall–Kier alpha value is -2.40. The van der Waals surface area contributed by atoms with Gasteiger partial charge in [-0.3, -0.25) is 4.79 Å². The zero-order valence-corrected chi connectivity index (χ0v) is 16.8. The Morgan fingerprint density at radius 1 is 1.15 bits per heavy atom.